The second-order valence-corrected chi connectivity index (χ2v) is 6.77. The minimum atomic E-state index is -1.36. The van der Waals surface area contributed by atoms with Gasteiger partial charge < -0.3 is 0 Å². The third-order valence-corrected chi connectivity index (χ3v) is 5.26. The molecule has 0 fully saturated rings. The van der Waals surface area contributed by atoms with Crippen molar-refractivity contribution in [2.45, 2.75) is 9.92 Å². The van der Waals surface area contributed by atoms with Crippen LogP contribution in [0.25, 0.3) is 11.1 Å². The van der Waals surface area contributed by atoms with Gasteiger partial charge >= 0.3 is 0 Å². The average Bonchev–Trinajstić information content (AvgIpc) is 2.57. The van der Waals surface area contributed by atoms with Gasteiger partial charge in [-0.05, 0) is 41.5 Å². The zero-order valence-corrected chi connectivity index (χ0v) is 13.7. The Hall–Kier alpha value is -1.68. The van der Waals surface area contributed by atoms with Crippen molar-refractivity contribution < 1.29 is 4.21 Å². The lowest BCUT2D eigenvalue weighted by Crippen LogP contribution is -1.98. The SMILES string of the molecule is O=S(c1ccccn1)c1ccccc1-c1ccc(Cl)c(Cl)c1. The predicted molar refractivity (Wildman–Crippen MR) is 90.8 cm³/mol. The highest BCUT2D eigenvalue weighted by Gasteiger charge is 2.14. The Morgan fingerprint density at radius 2 is 1.64 bits per heavy atom. The molecule has 0 spiro atoms. The molecule has 0 bridgehead atoms. The van der Waals surface area contributed by atoms with Crippen molar-refractivity contribution >= 4 is 34.0 Å². The van der Waals surface area contributed by atoms with Crippen LogP contribution in [0.15, 0.2) is 76.8 Å². The van der Waals surface area contributed by atoms with E-state index in [1.807, 2.05) is 36.4 Å². The van der Waals surface area contributed by atoms with Gasteiger partial charge in [-0.25, -0.2) is 9.19 Å². The molecule has 0 N–H and O–H groups in total. The van der Waals surface area contributed by atoms with E-state index >= 15 is 0 Å². The molecular weight excluding hydrogens is 337 g/mol. The van der Waals surface area contributed by atoms with Gasteiger partial charge in [0.05, 0.1) is 14.9 Å². The van der Waals surface area contributed by atoms with Crippen molar-refractivity contribution in [3.63, 3.8) is 0 Å². The van der Waals surface area contributed by atoms with Crippen molar-refractivity contribution in [3.8, 4) is 11.1 Å². The Labute approximate surface area is 141 Å². The molecule has 0 aliphatic rings. The molecule has 0 saturated heterocycles. The number of hydrogen-bond acceptors (Lipinski definition) is 2. The molecular formula is C17H11Cl2NOS. The minimum absolute atomic E-state index is 0.470. The number of pyridine rings is 1. The van der Waals surface area contributed by atoms with Gasteiger partial charge in [-0.15, -0.1) is 0 Å². The lowest BCUT2D eigenvalue weighted by molar-refractivity contribution is 0.680. The smallest absolute Gasteiger partial charge is 0.132 e. The number of nitrogens with zero attached hydrogens (tertiary/aromatic N) is 1. The van der Waals surface area contributed by atoms with Gasteiger partial charge in [0.2, 0.25) is 0 Å². The number of halogens is 2. The van der Waals surface area contributed by atoms with E-state index in [1.54, 1.807) is 30.5 Å². The summed E-state index contributed by atoms with van der Waals surface area (Å²) in [5.41, 5.74) is 1.72. The minimum Gasteiger partial charge on any atom is -0.247 e. The maximum atomic E-state index is 12.8. The first kappa shape index (κ1) is 15.2. The van der Waals surface area contributed by atoms with E-state index in [-0.39, 0.29) is 0 Å². The molecule has 0 saturated carbocycles. The van der Waals surface area contributed by atoms with Crippen LogP contribution < -0.4 is 0 Å². The number of benzene rings is 2. The van der Waals surface area contributed by atoms with Crippen LogP contribution in [0, 0.1) is 0 Å². The van der Waals surface area contributed by atoms with Gasteiger partial charge in [0.1, 0.15) is 15.8 Å². The molecule has 1 aromatic heterocycles. The highest BCUT2D eigenvalue weighted by atomic mass is 35.5. The van der Waals surface area contributed by atoms with Crippen molar-refractivity contribution in [2.75, 3.05) is 0 Å². The fraction of sp³-hybridized carbons (Fsp3) is 0. The van der Waals surface area contributed by atoms with Gasteiger partial charge in [-0.2, -0.15) is 0 Å². The Kier molecular flexibility index (Phi) is 4.57. The van der Waals surface area contributed by atoms with Crippen LogP contribution in [-0.4, -0.2) is 9.19 Å². The maximum absolute atomic E-state index is 12.8. The molecule has 1 heterocycles. The van der Waals surface area contributed by atoms with E-state index < -0.39 is 10.8 Å². The van der Waals surface area contributed by atoms with E-state index in [9.17, 15) is 4.21 Å². The third-order valence-electron chi connectivity index (χ3n) is 3.15. The van der Waals surface area contributed by atoms with Gasteiger partial charge in [0.25, 0.3) is 0 Å². The first-order valence-corrected chi connectivity index (χ1v) is 8.44. The molecule has 2 nitrogen and oxygen atoms in total. The summed E-state index contributed by atoms with van der Waals surface area (Å²) in [5, 5.41) is 1.49. The van der Waals surface area contributed by atoms with Crippen LogP contribution >= 0.6 is 23.2 Å². The van der Waals surface area contributed by atoms with Gasteiger partial charge in [-0.3, -0.25) is 0 Å². The van der Waals surface area contributed by atoms with Gasteiger partial charge in [0.15, 0.2) is 0 Å². The Morgan fingerprint density at radius 1 is 0.864 bits per heavy atom. The van der Waals surface area contributed by atoms with Gasteiger partial charge in [-0.1, -0.05) is 53.5 Å². The van der Waals surface area contributed by atoms with Crippen LogP contribution in [0.1, 0.15) is 0 Å². The van der Waals surface area contributed by atoms with Gasteiger partial charge in [0, 0.05) is 6.20 Å². The molecule has 2 aromatic carbocycles. The van der Waals surface area contributed by atoms with Crippen LogP contribution in [0.2, 0.25) is 10.0 Å². The quantitative estimate of drug-likeness (QED) is 0.649. The maximum Gasteiger partial charge on any atom is 0.132 e. The molecule has 0 aliphatic carbocycles. The summed E-state index contributed by atoms with van der Waals surface area (Å²) >= 11 is 12.1. The zero-order chi connectivity index (χ0) is 15.5. The summed E-state index contributed by atoms with van der Waals surface area (Å²) in [6.07, 6.45) is 1.63. The predicted octanol–water partition coefficient (Wildman–Crippen LogP) is 5.22. The topological polar surface area (TPSA) is 30.0 Å². The van der Waals surface area contributed by atoms with Crippen molar-refractivity contribution in [2.24, 2.45) is 0 Å². The van der Waals surface area contributed by atoms with E-state index in [4.69, 9.17) is 23.2 Å². The molecule has 0 radical (unpaired) electrons. The lowest BCUT2D eigenvalue weighted by atomic mass is 10.1. The Morgan fingerprint density at radius 3 is 2.36 bits per heavy atom. The standard InChI is InChI=1S/C17H11Cl2NOS/c18-14-9-8-12(11-15(14)19)13-5-1-2-6-16(13)22(21)17-7-3-4-10-20-17/h1-11H. The number of rotatable bonds is 3. The van der Waals surface area contributed by atoms with Crippen LogP contribution in [-0.2, 0) is 10.8 Å². The summed E-state index contributed by atoms with van der Waals surface area (Å²) < 4.78 is 12.8. The molecule has 3 rings (SSSR count). The molecule has 110 valence electrons. The molecule has 1 atom stereocenters. The second kappa shape index (κ2) is 6.61. The van der Waals surface area contributed by atoms with Crippen molar-refractivity contribution in [1.29, 1.82) is 0 Å². The fourth-order valence-corrected chi connectivity index (χ4v) is 3.57. The molecule has 0 amide bonds. The highest BCUT2D eigenvalue weighted by molar-refractivity contribution is 7.85. The largest absolute Gasteiger partial charge is 0.247 e. The number of hydrogen-bond donors (Lipinski definition) is 0. The van der Waals surface area contributed by atoms with Crippen molar-refractivity contribution in [1.82, 2.24) is 4.98 Å². The third kappa shape index (κ3) is 3.07. The normalized spacial score (nSPS) is 12.1. The first-order chi connectivity index (χ1) is 10.7. The monoisotopic (exact) mass is 347 g/mol. The summed E-state index contributed by atoms with van der Waals surface area (Å²) in [6.45, 7) is 0. The fourth-order valence-electron chi connectivity index (χ4n) is 2.10. The van der Waals surface area contributed by atoms with E-state index in [0.717, 1.165) is 11.1 Å². The summed E-state index contributed by atoms with van der Waals surface area (Å²) in [5.74, 6) is 0. The molecule has 22 heavy (non-hydrogen) atoms. The van der Waals surface area contributed by atoms with Crippen LogP contribution in [0.3, 0.4) is 0 Å². The van der Waals surface area contributed by atoms with E-state index in [1.165, 1.54) is 0 Å². The zero-order valence-electron chi connectivity index (χ0n) is 11.4. The second-order valence-electron chi connectivity index (χ2n) is 4.56. The highest BCUT2D eigenvalue weighted by Crippen LogP contribution is 2.32. The lowest BCUT2D eigenvalue weighted by Gasteiger charge is -2.10. The molecule has 5 heteroatoms. The Bertz CT molecular complexity index is 837. The first-order valence-electron chi connectivity index (χ1n) is 6.54. The summed E-state index contributed by atoms with van der Waals surface area (Å²) in [6, 6.07) is 18.3. The van der Waals surface area contributed by atoms with Crippen LogP contribution in [0.5, 0.6) is 0 Å². The molecule has 0 aliphatic heterocycles. The summed E-state index contributed by atoms with van der Waals surface area (Å²) in [7, 11) is -1.36. The average molecular weight is 348 g/mol. The van der Waals surface area contributed by atoms with Crippen molar-refractivity contribution in [3.05, 3.63) is 76.9 Å². The number of aromatic nitrogens is 1. The van der Waals surface area contributed by atoms with E-state index in [0.29, 0.717) is 20.0 Å². The Balaban J connectivity index is 2.11. The van der Waals surface area contributed by atoms with E-state index in [2.05, 4.69) is 4.98 Å². The molecule has 3 aromatic rings. The molecule has 1 unspecified atom stereocenters. The summed E-state index contributed by atoms with van der Waals surface area (Å²) in [4.78, 5) is 4.87. The van der Waals surface area contributed by atoms with Crippen LogP contribution in [0.4, 0.5) is 0 Å².